The van der Waals surface area contributed by atoms with Gasteiger partial charge in [-0.15, -0.1) is 12.6 Å². The second kappa shape index (κ2) is 3.56. The van der Waals surface area contributed by atoms with E-state index in [2.05, 4.69) is 12.6 Å². The van der Waals surface area contributed by atoms with Crippen molar-refractivity contribution >= 4 is 60.9 Å². The molecule has 0 atom stereocenters. The van der Waals surface area contributed by atoms with Gasteiger partial charge in [0.1, 0.15) is 0 Å². The predicted octanol–water partition coefficient (Wildman–Crippen LogP) is 2.89. The number of hydrogen-bond acceptors (Lipinski definition) is 1. The van der Waals surface area contributed by atoms with Crippen LogP contribution < -0.4 is 0 Å². The van der Waals surface area contributed by atoms with E-state index in [9.17, 15) is 0 Å². The molecule has 0 aromatic heterocycles. The van der Waals surface area contributed by atoms with E-state index in [-0.39, 0.29) is 13.5 Å². The minimum Gasteiger partial charge on any atom is -0.125 e. The lowest BCUT2D eigenvalue weighted by Crippen LogP contribution is -1.81. The normalized spacial score (nSPS) is 10.0. The predicted molar refractivity (Wildman–Crippen MR) is 36.9 cm³/mol. The van der Waals surface area contributed by atoms with Crippen molar-refractivity contribution in [2.45, 2.75) is 3.12 Å². The molecule has 0 aromatic rings. The van der Waals surface area contributed by atoms with Gasteiger partial charge in [0.05, 0.1) is 0 Å². The molecule has 0 aliphatic rings. The quantitative estimate of drug-likeness (QED) is 0.433. The number of halogens is 3. The highest BCUT2D eigenvalue weighted by atomic mass is 35.6. The average Bonchev–Trinajstić information content (AvgIpc) is 0.722. The number of alkyl halides is 3. The highest BCUT2D eigenvalue weighted by Gasteiger charge is 2.08. The average molecular weight is 184 g/mol. The van der Waals surface area contributed by atoms with Crippen LogP contribution in [-0.4, -0.2) is 3.12 Å². The summed E-state index contributed by atoms with van der Waals surface area (Å²) in [5.74, 6) is 0. The van der Waals surface area contributed by atoms with Gasteiger partial charge in [-0.25, -0.2) is 0 Å². The third-order valence-corrected chi connectivity index (χ3v) is 0. The highest BCUT2D eigenvalue weighted by Crippen LogP contribution is 2.29. The van der Waals surface area contributed by atoms with Gasteiger partial charge >= 0.3 is 0 Å². The fourth-order valence-corrected chi connectivity index (χ4v) is 0. The molecule has 0 fully saturated rings. The van der Waals surface area contributed by atoms with Crippen LogP contribution in [0, 0.1) is 0 Å². The van der Waals surface area contributed by atoms with Crippen LogP contribution in [0.1, 0.15) is 0 Å². The van der Waals surface area contributed by atoms with Crippen LogP contribution in [0.4, 0.5) is 0 Å². The zero-order valence-corrected chi connectivity index (χ0v) is 6.47. The maximum absolute atomic E-state index is 4.93. The van der Waals surface area contributed by atoms with Gasteiger partial charge in [-0.1, -0.05) is 34.8 Å². The van der Waals surface area contributed by atoms with Gasteiger partial charge in [-0.05, 0) is 0 Å². The van der Waals surface area contributed by atoms with Gasteiger partial charge in [0, 0.05) is 13.5 Å². The van der Waals surface area contributed by atoms with Gasteiger partial charge in [0.15, 0.2) is 0 Å². The van der Waals surface area contributed by atoms with E-state index < -0.39 is 3.12 Å². The standard InChI is InChI=1S/CHCl3S.S/c2-1(3,4)5;/h5H;. The lowest BCUT2D eigenvalue weighted by atomic mass is 11.8. The van der Waals surface area contributed by atoms with E-state index in [0.717, 1.165) is 0 Å². The van der Waals surface area contributed by atoms with Crippen molar-refractivity contribution in [3.05, 3.63) is 0 Å². The first-order valence-corrected chi connectivity index (χ1v) is 2.37. The van der Waals surface area contributed by atoms with Crippen molar-refractivity contribution in [1.82, 2.24) is 0 Å². The smallest absolute Gasteiger partial charge is 0.125 e. The Balaban J connectivity index is 0. The van der Waals surface area contributed by atoms with Gasteiger partial charge in [-0.3, -0.25) is 0 Å². The topological polar surface area (TPSA) is 0 Å². The molecular weight excluding hydrogens is 183 g/mol. The van der Waals surface area contributed by atoms with E-state index in [1.165, 1.54) is 0 Å². The molecule has 0 amide bonds. The maximum atomic E-state index is 4.93. The van der Waals surface area contributed by atoms with Gasteiger partial charge < -0.3 is 0 Å². The number of thiol groups is 1. The number of hydrogen-bond donors (Lipinski definition) is 1. The first-order chi connectivity index (χ1) is 2.00. The highest BCUT2D eigenvalue weighted by molar-refractivity contribution is 7.87. The summed E-state index contributed by atoms with van der Waals surface area (Å²) in [5.41, 5.74) is 0. The van der Waals surface area contributed by atoms with E-state index in [0.29, 0.717) is 0 Å². The summed E-state index contributed by atoms with van der Waals surface area (Å²) in [4.78, 5) is 0. The molecule has 5 heteroatoms. The van der Waals surface area contributed by atoms with Gasteiger partial charge in [-0.2, -0.15) is 0 Å². The summed E-state index contributed by atoms with van der Waals surface area (Å²) in [6, 6.07) is 0. The fraction of sp³-hybridized carbons (Fsp3) is 1.00. The molecule has 0 N–H and O–H groups in total. The zero-order chi connectivity index (χ0) is 4.50. The second-order valence-corrected chi connectivity index (χ2v) is 4.21. The van der Waals surface area contributed by atoms with Crippen molar-refractivity contribution < 1.29 is 0 Å². The first kappa shape index (κ1) is 10.5. The van der Waals surface area contributed by atoms with Crippen LogP contribution in [-0.2, 0) is 0 Å². The Kier molecular flexibility index (Phi) is 6.24. The lowest BCUT2D eigenvalue weighted by Gasteiger charge is -1.93. The Bertz CT molecular complexity index is 24.3. The van der Waals surface area contributed by atoms with E-state index >= 15 is 0 Å². The molecule has 0 aromatic carbocycles. The Morgan fingerprint density at radius 2 is 1.17 bits per heavy atom. The summed E-state index contributed by atoms with van der Waals surface area (Å²) in [5, 5.41) is 0. The van der Waals surface area contributed by atoms with Crippen molar-refractivity contribution in [3.8, 4) is 0 Å². The Labute approximate surface area is 64.0 Å². The molecule has 38 valence electrons. The third kappa shape index (κ3) is 47.2. The lowest BCUT2D eigenvalue weighted by molar-refractivity contribution is 1.82. The van der Waals surface area contributed by atoms with Crippen LogP contribution in [0.3, 0.4) is 0 Å². The van der Waals surface area contributed by atoms with E-state index in [4.69, 9.17) is 34.8 Å². The van der Waals surface area contributed by atoms with Crippen molar-refractivity contribution in [2.24, 2.45) is 0 Å². The Morgan fingerprint density at radius 1 is 1.17 bits per heavy atom. The molecule has 0 aliphatic carbocycles. The van der Waals surface area contributed by atoms with Crippen LogP contribution in [0.15, 0.2) is 0 Å². The monoisotopic (exact) mass is 182 g/mol. The molecule has 0 spiro atoms. The summed E-state index contributed by atoms with van der Waals surface area (Å²) >= 11 is 18.2. The minimum absolute atomic E-state index is 0. The van der Waals surface area contributed by atoms with Crippen LogP contribution in [0.25, 0.3) is 0 Å². The van der Waals surface area contributed by atoms with Crippen molar-refractivity contribution in [2.75, 3.05) is 0 Å². The zero-order valence-electron chi connectivity index (χ0n) is 2.49. The molecule has 0 bridgehead atoms. The third-order valence-electron chi connectivity index (χ3n) is 0. The Morgan fingerprint density at radius 3 is 1.17 bits per heavy atom. The molecule has 0 saturated carbocycles. The molecule has 2 radical (unpaired) electrons. The van der Waals surface area contributed by atoms with Gasteiger partial charge in [0.25, 0.3) is 0 Å². The van der Waals surface area contributed by atoms with Crippen molar-refractivity contribution in [3.63, 3.8) is 0 Å². The maximum Gasteiger partial charge on any atom is 0.234 e. The molecule has 0 aliphatic heterocycles. The SMILES string of the molecule is SC(Cl)(Cl)Cl.[S]. The van der Waals surface area contributed by atoms with Gasteiger partial charge in [0.2, 0.25) is 3.12 Å². The Hall–Kier alpha value is 1.57. The fourth-order valence-electron chi connectivity index (χ4n) is 0. The molecule has 0 heterocycles. The summed E-state index contributed by atoms with van der Waals surface area (Å²) in [7, 11) is 0. The molecular formula is CHCl3S2. The van der Waals surface area contributed by atoms with Crippen LogP contribution >= 0.6 is 60.9 Å². The first-order valence-electron chi connectivity index (χ1n) is 0.791. The second-order valence-electron chi connectivity index (χ2n) is 0.468. The molecule has 6 heavy (non-hydrogen) atoms. The number of rotatable bonds is 0. The summed E-state index contributed by atoms with van der Waals surface area (Å²) in [6.07, 6.45) is 0. The summed E-state index contributed by atoms with van der Waals surface area (Å²) < 4.78 is -1.39. The van der Waals surface area contributed by atoms with Crippen LogP contribution in [0.2, 0.25) is 0 Å². The molecule has 0 unspecified atom stereocenters. The minimum atomic E-state index is -1.39. The van der Waals surface area contributed by atoms with Crippen molar-refractivity contribution in [1.29, 1.82) is 0 Å². The van der Waals surface area contributed by atoms with Crippen LogP contribution in [0.5, 0.6) is 0 Å². The molecule has 0 rings (SSSR count). The molecule has 0 nitrogen and oxygen atoms in total. The molecule has 0 saturated heterocycles. The van der Waals surface area contributed by atoms with E-state index in [1.807, 2.05) is 0 Å². The van der Waals surface area contributed by atoms with E-state index in [1.54, 1.807) is 0 Å². The summed E-state index contributed by atoms with van der Waals surface area (Å²) in [6.45, 7) is 0. The largest absolute Gasteiger partial charge is 0.234 e.